The maximum absolute atomic E-state index is 12.1. The minimum Gasteiger partial charge on any atom is -0.481 e. The van der Waals surface area contributed by atoms with E-state index in [0.717, 1.165) is 4.90 Å². The molecule has 4 amide bonds. The van der Waals surface area contributed by atoms with Gasteiger partial charge in [0.1, 0.15) is 6.04 Å². The maximum Gasteiger partial charge on any atom is 0.318 e. The molecule has 0 aliphatic carbocycles. The molecule has 8 heteroatoms. The molecule has 21 heavy (non-hydrogen) atoms. The van der Waals surface area contributed by atoms with Gasteiger partial charge >= 0.3 is 12.0 Å². The van der Waals surface area contributed by atoms with Crippen LogP contribution in [0.2, 0.25) is 0 Å². The van der Waals surface area contributed by atoms with Gasteiger partial charge in [-0.15, -0.1) is 0 Å². The summed E-state index contributed by atoms with van der Waals surface area (Å²) in [4.78, 5) is 48.8. The lowest BCUT2D eigenvalue weighted by molar-refractivity contribution is -0.148. The molecule has 116 valence electrons. The molecule has 0 saturated carbocycles. The fraction of sp³-hybridized carbons (Fsp3) is 0.692. The van der Waals surface area contributed by atoms with E-state index in [1.807, 2.05) is 0 Å². The highest BCUT2D eigenvalue weighted by molar-refractivity contribution is 6.01. The van der Waals surface area contributed by atoms with Crippen LogP contribution < -0.4 is 5.32 Å². The monoisotopic (exact) mass is 297 g/mol. The van der Waals surface area contributed by atoms with E-state index in [0.29, 0.717) is 19.4 Å². The third-order valence-corrected chi connectivity index (χ3v) is 4.01. The number of likely N-dealkylation sites (tertiary alicyclic amines) is 2. The molecule has 0 spiro atoms. The Kier molecular flexibility index (Phi) is 4.44. The molecule has 2 saturated heterocycles. The first-order valence-electron chi connectivity index (χ1n) is 6.98. The van der Waals surface area contributed by atoms with Gasteiger partial charge in [-0.1, -0.05) is 0 Å². The summed E-state index contributed by atoms with van der Waals surface area (Å²) in [5, 5.41) is 11.6. The van der Waals surface area contributed by atoms with Gasteiger partial charge in [0, 0.05) is 26.6 Å². The first kappa shape index (κ1) is 15.3. The van der Waals surface area contributed by atoms with Crippen LogP contribution in [0, 0.1) is 5.92 Å². The highest BCUT2D eigenvalue weighted by Crippen LogP contribution is 2.17. The Morgan fingerprint density at radius 3 is 2.67 bits per heavy atom. The molecule has 2 aliphatic rings. The van der Waals surface area contributed by atoms with Crippen molar-refractivity contribution in [2.24, 2.45) is 5.92 Å². The van der Waals surface area contributed by atoms with Gasteiger partial charge in [0.2, 0.25) is 5.91 Å². The number of piperidine rings is 2. The summed E-state index contributed by atoms with van der Waals surface area (Å²) in [7, 11) is 1.39. The van der Waals surface area contributed by atoms with Crippen LogP contribution >= 0.6 is 0 Å². The van der Waals surface area contributed by atoms with Crippen LogP contribution in [-0.2, 0) is 14.4 Å². The van der Waals surface area contributed by atoms with Crippen molar-refractivity contribution in [3.05, 3.63) is 0 Å². The number of urea groups is 1. The van der Waals surface area contributed by atoms with Crippen LogP contribution in [0.1, 0.15) is 25.7 Å². The average molecular weight is 297 g/mol. The van der Waals surface area contributed by atoms with E-state index in [-0.39, 0.29) is 25.3 Å². The number of amides is 4. The number of imide groups is 1. The number of rotatable bonds is 2. The Balaban J connectivity index is 1.93. The number of carbonyl (C=O) groups is 4. The van der Waals surface area contributed by atoms with E-state index < -0.39 is 29.9 Å². The molecule has 2 N–H and O–H groups in total. The van der Waals surface area contributed by atoms with Crippen molar-refractivity contribution in [1.29, 1.82) is 0 Å². The third-order valence-electron chi connectivity index (χ3n) is 4.01. The maximum atomic E-state index is 12.1. The molecule has 8 nitrogen and oxygen atoms in total. The number of hydrogen-bond acceptors (Lipinski definition) is 4. The van der Waals surface area contributed by atoms with E-state index in [4.69, 9.17) is 5.11 Å². The molecule has 0 radical (unpaired) electrons. The number of nitrogens with zero attached hydrogens (tertiary/aromatic N) is 2. The Hall–Kier alpha value is -2.12. The van der Waals surface area contributed by atoms with Gasteiger partial charge < -0.3 is 15.3 Å². The van der Waals surface area contributed by atoms with Gasteiger partial charge in [-0.3, -0.25) is 19.3 Å². The van der Waals surface area contributed by atoms with Crippen molar-refractivity contribution in [3.63, 3.8) is 0 Å². The van der Waals surface area contributed by atoms with Gasteiger partial charge in [-0.05, 0) is 19.3 Å². The summed E-state index contributed by atoms with van der Waals surface area (Å²) in [5.74, 6) is -2.15. The van der Waals surface area contributed by atoms with E-state index in [2.05, 4.69) is 5.32 Å². The minimum atomic E-state index is -0.911. The zero-order valence-electron chi connectivity index (χ0n) is 11.9. The SMILES string of the molecule is CN1C(=O)CCC(NC(=O)N2CCCC(C(=O)O)C2)C1=O. The predicted octanol–water partition coefficient (Wildman–Crippen LogP) is -0.360. The highest BCUT2D eigenvalue weighted by atomic mass is 16.4. The Bertz CT molecular complexity index is 478. The molecular formula is C13H19N3O5. The molecule has 2 unspecified atom stereocenters. The van der Waals surface area contributed by atoms with Gasteiger partial charge in [-0.25, -0.2) is 4.79 Å². The molecule has 0 aromatic carbocycles. The molecule has 0 bridgehead atoms. The molecule has 2 heterocycles. The normalized spacial score (nSPS) is 26.7. The molecule has 0 aromatic heterocycles. The molecular weight excluding hydrogens is 278 g/mol. The number of nitrogens with one attached hydrogen (secondary N) is 1. The van der Waals surface area contributed by atoms with E-state index in [9.17, 15) is 19.2 Å². The summed E-state index contributed by atoms with van der Waals surface area (Å²) in [5.41, 5.74) is 0. The van der Waals surface area contributed by atoms with Crippen LogP contribution in [0.15, 0.2) is 0 Å². The number of aliphatic carboxylic acids is 1. The molecule has 2 aliphatic heterocycles. The van der Waals surface area contributed by atoms with Crippen molar-refractivity contribution in [3.8, 4) is 0 Å². The summed E-state index contributed by atoms with van der Waals surface area (Å²) < 4.78 is 0. The summed E-state index contributed by atoms with van der Waals surface area (Å²) >= 11 is 0. The standard InChI is InChI=1S/C13H19N3O5/c1-15-10(17)5-4-9(11(15)18)14-13(21)16-6-2-3-8(7-16)12(19)20/h8-9H,2-7H2,1H3,(H,14,21)(H,19,20). The Morgan fingerprint density at radius 2 is 2.00 bits per heavy atom. The van der Waals surface area contributed by atoms with Gasteiger partial charge in [0.25, 0.3) is 5.91 Å². The molecule has 2 rings (SSSR count). The van der Waals surface area contributed by atoms with Gasteiger partial charge in [0.15, 0.2) is 0 Å². The second-order valence-electron chi connectivity index (χ2n) is 5.46. The quantitative estimate of drug-likeness (QED) is 0.677. The number of carbonyl (C=O) groups excluding carboxylic acids is 3. The smallest absolute Gasteiger partial charge is 0.318 e. The first-order chi connectivity index (χ1) is 9.90. The second-order valence-corrected chi connectivity index (χ2v) is 5.46. The van der Waals surface area contributed by atoms with Crippen LogP contribution in [0.3, 0.4) is 0 Å². The van der Waals surface area contributed by atoms with Crippen molar-refractivity contribution in [2.45, 2.75) is 31.7 Å². The van der Waals surface area contributed by atoms with Crippen LogP contribution in [-0.4, -0.2) is 64.9 Å². The summed E-state index contributed by atoms with van der Waals surface area (Å²) in [6, 6.07) is -1.16. The van der Waals surface area contributed by atoms with Crippen molar-refractivity contribution < 1.29 is 24.3 Å². The lowest BCUT2D eigenvalue weighted by atomic mass is 9.98. The van der Waals surface area contributed by atoms with Crippen LogP contribution in [0.5, 0.6) is 0 Å². The summed E-state index contributed by atoms with van der Waals surface area (Å²) in [6.45, 7) is 0.627. The number of carboxylic acids is 1. The van der Waals surface area contributed by atoms with Gasteiger partial charge in [-0.2, -0.15) is 0 Å². The zero-order valence-corrected chi connectivity index (χ0v) is 11.9. The number of hydrogen-bond donors (Lipinski definition) is 2. The second kappa shape index (κ2) is 6.11. The van der Waals surface area contributed by atoms with E-state index >= 15 is 0 Å². The first-order valence-corrected chi connectivity index (χ1v) is 6.98. The summed E-state index contributed by atoms with van der Waals surface area (Å²) in [6.07, 6.45) is 1.68. The highest BCUT2D eigenvalue weighted by Gasteiger charge is 2.35. The lowest BCUT2D eigenvalue weighted by Gasteiger charge is -2.34. The molecule has 2 atom stereocenters. The number of likely N-dealkylation sites (N-methyl/N-ethyl adjacent to an activating group) is 1. The van der Waals surface area contributed by atoms with E-state index in [1.54, 1.807) is 0 Å². The fourth-order valence-corrected chi connectivity index (χ4v) is 2.65. The third kappa shape index (κ3) is 3.32. The van der Waals surface area contributed by atoms with Crippen LogP contribution in [0.25, 0.3) is 0 Å². The average Bonchev–Trinajstić information content (AvgIpc) is 2.48. The topological polar surface area (TPSA) is 107 Å². The predicted molar refractivity (Wildman–Crippen MR) is 71.3 cm³/mol. The lowest BCUT2D eigenvalue weighted by Crippen LogP contribution is -2.56. The molecule has 0 aromatic rings. The van der Waals surface area contributed by atoms with Gasteiger partial charge in [0.05, 0.1) is 5.92 Å². The minimum absolute atomic E-state index is 0.150. The van der Waals surface area contributed by atoms with Crippen LogP contribution in [0.4, 0.5) is 4.79 Å². The Morgan fingerprint density at radius 1 is 1.29 bits per heavy atom. The fourth-order valence-electron chi connectivity index (χ4n) is 2.65. The van der Waals surface area contributed by atoms with E-state index in [1.165, 1.54) is 11.9 Å². The zero-order chi connectivity index (χ0) is 15.6. The van der Waals surface area contributed by atoms with Crippen molar-refractivity contribution in [2.75, 3.05) is 20.1 Å². The Labute approximate surface area is 122 Å². The van der Waals surface area contributed by atoms with Crippen molar-refractivity contribution in [1.82, 2.24) is 15.1 Å². The largest absolute Gasteiger partial charge is 0.481 e. The van der Waals surface area contributed by atoms with Crippen molar-refractivity contribution >= 4 is 23.8 Å². The number of carboxylic acid groups (broad SMARTS) is 1. The molecule has 2 fully saturated rings.